The number of carbonyl (C=O) groups excluding carboxylic acids is 1. The lowest BCUT2D eigenvalue weighted by Gasteiger charge is -2.33. The Morgan fingerprint density at radius 3 is 2.79 bits per heavy atom. The van der Waals surface area contributed by atoms with Gasteiger partial charge in [-0.25, -0.2) is 0 Å². The fourth-order valence-corrected chi connectivity index (χ4v) is 2.94. The van der Waals surface area contributed by atoms with E-state index in [1.165, 1.54) is 18.4 Å². The highest BCUT2D eigenvalue weighted by atomic mass is 79.9. The van der Waals surface area contributed by atoms with Gasteiger partial charge in [0.15, 0.2) is 0 Å². The molecule has 1 aromatic rings. The van der Waals surface area contributed by atoms with Crippen molar-refractivity contribution in [1.29, 1.82) is 0 Å². The number of nitrogens with zero attached hydrogens (tertiary/aromatic N) is 1. The molecular formula is C15H19BrN2O. The summed E-state index contributed by atoms with van der Waals surface area (Å²) in [6, 6.07) is 6.74. The molecule has 1 aromatic carbocycles. The third-order valence-electron chi connectivity index (χ3n) is 3.92. The van der Waals surface area contributed by atoms with Crippen LogP contribution < -0.4 is 10.2 Å². The third-order valence-corrected chi connectivity index (χ3v) is 4.77. The monoisotopic (exact) mass is 322 g/mol. The molecule has 102 valence electrons. The Bertz CT molecular complexity index is 499. The van der Waals surface area contributed by atoms with Crippen LogP contribution >= 0.6 is 15.9 Å². The molecular weight excluding hydrogens is 304 g/mol. The molecule has 1 heterocycles. The average Bonchev–Trinajstić information content (AvgIpc) is 3.20. The largest absolute Gasteiger partial charge is 0.311 e. The predicted molar refractivity (Wildman–Crippen MR) is 80.4 cm³/mol. The SMILES string of the molecule is Cc1ccc(N2CCCC(NC3CC3)C2=O)cc1Br. The molecule has 2 aliphatic rings. The number of carbonyl (C=O) groups is 1. The number of aryl methyl sites for hydroxylation is 1. The van der Waals surface area contributed by atoms with Crippen molar-refractivity contribution < 1.29 is 4.79 Å². The first kappa shape index (κ1) is 13.1. The van der Waals surface area contributed by atoms with Gasteiger partial charge in [-0.15, -0.1) is 0 Å². The van der Waals surface area contributed by atoms with Gasteiger partial charge in [0, 0.05) is 22.7 Å². The van der Waals surface area contributed by atoms with Gasteiger partial charge in [0.1, 0.15) is 0 Å². The van der Waals surface area contributed by atoms with E-state index in [0.717, 1.165) is 29.5 Å². The van der Waals surface area contributed by atoms with E-state index in [1.807, 2.05) is 17.0 Å². The van der Waals surface area contributed by atoms with Crippen molar-refractivity contribution in [2.45, 2.75) is 44.7 Å². The fraction of sp³-hybridized carbons (Fsp3) is 0.533. The van der Waals surface area contributed by atoms with Crippen LogP contribution in [0.5, 0.6) is 0 Å². The van der Waals surface area contributed by atoms with Gasteiger partial charge in [-0.05, 0) is 50.3 Å². The Kier molecular flexibility index (Phi) is 3.63. The molecule has 1 saturated carbocycles. The molecule has 4 heteroatoms. The molecule has 19 heavy (non-hydrogen) atoms. The normalized spacial score (nSPS) is 23.8. The Balaban J connectivity index is 1.78. The van der Waals surface area contributed by atoms with Crippen molar-refractivity contribution >= 4 is 27.5 Å². The molecule has 1 N–H and O–H groups in total. The molecule has 0 radical (unpaired) electrons. The number of hydrogen-bond donors (Lipinski definition) is 1. The Morgan fingerprint density at radius 1 is 1.32 bits per heavy atom. The Labute approximate surface area is 122 Å². The van der Waals surface area contributed by atoms with E-state index in [4.69, 9.17) is 0 Å². The lowest BCUT2D eigenvalue weighted by atomic mass is 10.0. The second-order valence-corrected chi connectivity index (χ2v) is 6.41. The van der Waals surface area contributed by atoms with Crippen LogP contribution in [0.4, 0.5) is 5.69 Å². The van der Waals surface area contributed by atoms with Crippen molar-refractivity contribution in [2.75, 3.05) is 11.4 Å². The number of rotatable bonds is 3. The summed E-state index contributed by atoms with van der Waals surface area (Å²) in [5.41, 5.74) is 2.20. The molecule has 0 bridgehead atoms. The molecule has 2 fully saturated rings. The van der Waals surface area contributed by atoms with E-state index in [2.05, 4.69) is 34.2 Å². The predicted octanol–water partition coefficient (Wildman–Crippen LogP) is 3.00. The summed E-state index contributed by atoms with van der Waals surface area (Å²) in [7, 11) is 0. The highest BCUT2D eigenvalue weighted by Crippen LogP contribution is 2.28. The Morgan fingerprint density at radius 2 is 2.11 bits per heavy atom. The Hall–Kier alpha value is -0.870. The van der Waals surface area contributed by atoms with E-state index in [-0.39, 0.29) is 11.9 Å². The lowest BCUT2D eigenvalue weighted by molar-refractivity contribution is -0.121. The molecule has 1 amide bonds. The van der Waals surface area contributed by atoms with Gasteiger partial charge >= 0.3 is 0 Å². The zero-order valence-electron chi connectivity index (χ0n) is 11.2. The van der Waals surface area contributed by atoms with Crippen LogP contribution in [0.1, 0.15) is 31.2 Å². The maximum Gasteiger partial charge on any atom is 0.244 e. The van der Waals surface area contributed by atoms with Gasteiger partial charge in [0.05, 0.1) is 6.04 Å². The number of amides is 1. The fourth-order valence-electron chi connectivity index (χ4n) is 2.57. The summed E-state index contributed by atoms with van der Waals surface area (Å²) in [5.74, 6) is 0.230. The molecule has 1 aliphatic heterocycles. The quantitative estimate of drug-likeness (QED) is 0.927. The minimum atomic E-state index is 0.0151. The number of anilines is 1. The van der Waals surface area contributed by atoms with E-state index >= 15 is 0 Å². The van der Waals surface area contributed by atoms with Gasteiger partial charge in [0.25, 0.3) is 0 Å². The summed E-state index contributed by atoms with van der Waals surface area (Å²) in [6.07, 6.45) is 4.49. The smallest absolute Gasteiger partial charge is 0.244 e. The zero-order chi connectivity index (χ0) is 13.4. The van der Waals surface area contributed by atoms with Crippen molar-refractivity contribution in [3.8, 4) is 0 Å². The van der Waals surface area contributed by atoms with Crippen molar-refractivity contribution in [3.63, 3.8) is 0 Å². The first-order valence-electron chi connectivity index (χ1n) is 6.99. The van der Waals surface area contributed by atoms with Gasteiger partial charge < -0.3 is 10.2 Å². The maximum absolute atomic E-state index is 12.5. The molecule has 3 nitrogen and oxygen atoms in total. The van der Waals surface area contributed by atoms with Gasteiger partial charge in [-0.1, -0.05) is 22.0 Å². The van der Waals surface area contributed by atoms with Crippen LogP contribution in [0.2, 0.25) is 0 Å². The second-order valence-electron chi connectivity index (χ2n) is 5.56. The van der Waals surface area contributed by atoms with E-state index in [0.29, 0.717) is 6.04 Å². The summed E-state index contributed by atoms with van der Waals surface area (Å²) in [4.78, 5) is 14.5. The average molecular weight is 323 g/mol. The van der Waals surface area contributed by atoms with E-state index in [1.54, 1.807) is 0 Å². The van der Waals surface area contributed by atoms with E-state index < -0.39 is 0 Å². The highest BCUT2D eigenvalue weighted by molar-refractivity contribution is 9.10. The van der Waals surface area contributed by atoms with Crippen molar-refractivity contribution in [1.82, 2.24) is 5.32 Å². The standard InChI is InChI=1S/C15H19BrN2O/c1-10-4-7-12(9-13(10)16)18-8-2-3-14(15(18)19)17-11-5-6-11/h4,7,9,11,14,17H,2-3,5-6,8H2,1H3. The molecule has 1 unspecified atom stereocenters. The third kappa shape index (κ3) is 2.84. The van der Waals surface area contributed by atoms with Crippen LogP contribution in [0.25, 0.3) is 0 Å². The van der Waals surface area contributed by atoms with Crippen molar-refractivity contribution in [2.24, 2.45) is 0 Å². The zero-order valence-corrected chi connectivity index (χ0v) is 12.7. The van der Waals surface area contributed by atoms with Crippen LogP contribution in [-0.2, 0) is 4.79 Å². The minimum Gasteiger partial charge on any atom is -0.311 e. The molecule has 1 aliphatic carbocycles. The number of hydrogen-bond acceptors (Lipinski definition) is 2. The molecule has 0 aromatic heterocycles. The molecule has 0 spiro atoms. The summed E-state index contributed by atoms with van der Waals surface area (Å²) >= 11 is 3.54. The first-order chi connectivity index (χ1) is 9.15. The number of benzene rings is 1. The first-order valence-corrected chi connectivity index (χ1v) is 7.78. The van der Waals surface area contributed by atoms with Crippen LogP contribution in [0.3, 0.4) is 0 Å². The van der Waals surface area contributed by atoms with E-state index in [9.17, 15) is 4.79 Å². The number of nitrogens with one attached hydrogen (secondary N) is 1. The second kappa shape index (κ2) is 5.25. The number of piperidine rings is 1. The van der Waals surface area contributed by atoms with Crippen molar-refractivity contribution in [3.05, 3.63) is 28.2 Å². The topological polar surface area (TPSA) is 32.3 Å². The number of halogens is 1. The molecule has 3 rings (SSSR count). The summed E-state index contributed by atoms with van der Waals surface area (Å²) in [5, 5.41) is 3.47. The van der Waals surface area contributed by atoms with Gasteiger partial charge in [-0.2, -0.15) is 0 Å². The lowest BCUT2D eigenvalue weighted by Crippen LogP contribution is -2.51. The van der Waals surface area contributed by atoms with Crippen LogP contribution in [-0.4, -0.2) is 24.5 Å². The van der Waals surface area contributed by atoms with Crippen LogP contribution in [0.15, 0.2) is 22.7 Å². The molecule has 1 saturated heterocycles. The maximum atomic E-state index is 12.5. The summed E-state index contributed by atoms with van der Waals surface area (Å²) < 4.78 is 1.06. The molecule has 1 atom stereocenters. The highest BCUT2D eigenvalue weighted by Gasteiger charge is 2.33. The minimum absolute atomic E-state index is 0.0151. The van der Waals surface area contributed by atoms with Gasteiger partial charge in [-0.3, -0.25) is 4.79 Å². The van der Waals surface area contributed by atoms with Crippen LogP contribution in [0, 0.1) is 6.92 Å². The summed E-state index contributed by atoms with van der Waals surface area (Å²) in [6.45, 7) is 2.89. The van der Waals surface area contributed by atoms with Gasteiger partial charge in [0.2, 0.25) is 5.91 Å².